The van der Waals surface area contributed by atoms with E-state index in [9.17, 15) is 13.6 Å². The number of ether oxygens (including phenoxy) is 2. The summed E-state index contributed by atoms with van der Waals surface area (Å²) in [4.78, 5) is 15.6. The van der Waals surface area contributed by atoms with E-state index in [1.807, 2.05) is 0 Å². The molecule has 152 valence electrons. The Morgan fingerprint density at radius 2 is 1.89 bits per heavy atom. The van der Waals surface area contributed by atoms with E-state index < -0.39 is 18.3 Å². The highest BCUT2D eigenvalue weighted by Gasteiger charge is 2.15. The van der Waals surface area contributed by atoms with Crippen molar-refractivity contribution in [2.75, 3.05) is 20.1 Å². The topological polar surface area (TPSA) is 84.0 Å². The van der Waals surface area contributed by atoms with Crippen molar-refractivity contribution in [3.8, 4) is 5.75 Å². The fourth-order valence-corrected chi connectivity index (χ4v) is 2.15. The average Bonchev–Trinajstić information content (AvgIpc) is 2.54. The van der Waals surface area contributed by atoms with Crippen LogP contribution in [-0.2, 0) is 11.3 Å². The molecule has 0 fully saturated rings. The highest BCUT2D eigenvalue weighted by Crippen LogP contribution is 2.24. The summed E-state index contributed by atoms with van der Waals surface area (Å²) in [5.41, 5.74) is -0.109. The van der Waals surface area contributed by atoms with Crippen LogP contribution in [0.5, 0.6) is 5.75 Å². The lowest BCUT2D eigenvalue weighted by atomic mass is 10.2. The number of nitrogens with zero attached hydrogens (tertiary/aromatic N) is 1. The summed E-state index contributed by atoms with van der Waals surface area (Å²) in [5, 5.41) is 8.95. The first kappa shape index (κ1) is 22.8. The lowest BCUT2D eigenvalue weighted by molar-refractivity contribution is -0.0504. The molecule has 0 heterocycles. The van der Waals surface area contributed by atoms with Gasteiger partial charge in [-0.2, -0.15) is 8.78 Å². The van der Waals surface area contributed by atoms with Gasteiger partial charge >= 0.3 is 12.7 Å². The van der Waals surface area contributed by atoms with Crippen molar-refractivity contribution in [3.05, 3.63) is 28.8 Å². The van der Waals surface area contributed by atoms with Crippen LogP contribution in [0.15, 0.2) is 23.2 Å². The normalized spacial score (nSPS) is 11.9. The van der Waals surface area contributed by atoms with Crippen molar-refractivity contribution < 1.29 is 23.0 Å². The number of guanidine groups is 1. The maximum atomic E-state index is 12.5. The zero-order valence-electron chi connectivity index (χ0n) is 15.7. The number of alkyl halides is 2. The van der Waals surface area contributed by atoms with E-state index >= 15 is 0 Å². The van der Waals surface area contributed by atoms with Crippen LogP contribution in [0.4, 0.5) is 13.6 Å². The molecule has 1 amide bonds. The molecule has 0 bridgehead atoms. The number of alkyl carbamates (subject to hydrolysis) is 1. The second kappa shape index (κ2) is 10.8. The summed E-state index contributed by atoms with van der Waals surface area (Å²) < 4.78 is 34.6. The number of halogens is 3. The fraction of sp³-hybridized carbons (Fsp3) is 0.529. The molecule has 1 rings (SSSR count). The number of rotatable bonds is 7. The highest BCUT2D eigenvalue weighted by molar-refractivity contribution is 6.30. The number of benzene rings is 1. The molecule has 0 spiro atoms. The zero-order chi connectivity index (χ0) is 20.4. The Bertz CT molecular complexity index is 652. The third-order valence-corrected chi connectivity index (χ3v) is 3.23. The molecular weight excluding hydrogens is 382 g/mol. The van der Waals surface area contributed by atoms with Gasteiger partial charge in [0.2, 0.25) is 0 Å². The van der Waals surface area contributed by atoms with E-state index in [4.69, 9.17) is 16.3 Å². The van der Waals surface area contributed by atoms with Crippen LogP contribution in [0.2, 0.25) is 5.02 Å². The number of hydrogen-bond acceptors (Lipinski definition) is 4. The van der Waals surface area contributed by atoms with Gasteiger partial charge in [-0.05, 0) is 39.0 Å². The molecule has 0 radical (unpaired) electrons. The number of amides is 1. The summed E-state index contributed by atoms with van der Waals surface area (Å²) in [7, 11) is 1.56. The summed E-state index contributed by atoms with van der Waals surface area (Å²) in [6, 6.07) is 4.38. The Labute approximate surface area is 162 Å². The molecule has 0 aliphatic rings. The van der Waals surface area contributed by atoms with Gasteiger partial charge in [-0.3, -0.25) is 4.99 Å². The molecule has 0 saturated heterocycles. The Hall–Kier alpha value is -2.29. The van der Waals surface area contributed by atoms with Gasteiger partial charge in [0.15, 0.2) is 5.96 Å². The predicted molar refractivity (Wildman–Crippen MR) is 101 cm³/mol. The number of carbonyl (C=O) groups is 1. The van der Waals surface area contributed by atoms with Gasteiger partial charge in [-0.1, -0.05) is 11.6 Å². The third-order valence-electron chi connectivity index (χ3n) is 2.99. The molecule has 0 aliphatic heterocycles. The van der Waals surface area contributed by atoms with Gasteiger partial charge in [-0.25, -0.2) is 4.79 Å². The molecular formula is C17H25ClF2N4O3. The first-order chi connectivity index (χ1) is 12.6. The third kappa shape index (κ3) is 9.83. The second-order valence-electron chi connectivity index (χ2n) is 6.41. The van der Waals surface area contributed by atoms with Gasteiger partial charge in [-0.15, -0.1) is 0 Å². The smallest absolute Gasteiger partial charge is 0.407 e. The number of hydrogen-bond donors (Lipinski definition) is 3. The van der Waals surface area contributed by atoms with Crippen LogP contribution in [0, 0.1) is 0 Å². The largest absolute Gasteiger partial charge is 0.444 e. The Morgan fingerprint density at radius 1 is 1.22 bits per heavy atom. The van der Waals surface area contributed by atoms with E-state index in [0.29, 0.717) is 29.6 Å². The van der Waals surface area contributed by atoms with Crippen LogP contribution in [0.1, 0.15) is 26.3 Å². The predicted octanol–water partition coefficient (Wildman–Crippen LogP) is 3.13. The van der Waals surface area contributed by atoms with Crippen LogP contribution in [0.25, 0.3) is 0 Å². The van der Waals surface area contributed by atoms with Gasteiger partial charge in [0.05, 0.1) is 0 Å². The van der Waals surface area contributed by atoms with Crippen molar-refractivity contribution in [1.82, 2.24) is 16.0 Å². The number of carbonyl (C=O) groups excluding carboxylic acids is 1. The maximum absolute atomic E-state index is 12.5. The molecule has 3 N–H and O–H groups in total. The molecule has 0 saturated carbocycles. The van der Waals surface area contributed by atoms with Crippen LogP contribution in [-0.4, -0.2) is 44.4 Å². The monoisotopic (exact) mass is 406 g/mol. The molecule has 0 aliphatic carbocycles. The lowest BCUT2D eigenvalue weighted by Crippen LogP contribution is -2.42. The molecule has 0 atom stereocenters. The van der Waals surface area contributed by atoms with E-state index in [0.717, 1.165) is 0 Å². The summed E-state index contributed by atoms with van der Waals surface area (Å²) in [5.74, 6) is 0.452. The van der Waals surface area contributed by atoms with Crippen molar-refractivity contribution >= 4 is 23.7 Å². The summed E-state index contributed by atoms with van der Waals surface area (Å²) in [6.45, 7) is 3.26. The van der Waals surface area contributed by atoms with Crippen LogP contribution >= 0.6 is 11.6 Å². The van der Waals surface area contributed by atoms with Gasteiger partial charge in [0.1, 0.15) is 11.4 Å². The Kier molecular flexibility index (Phi) is 9.07. The maximum Gasteiger partial charge on any atom is 0.407 e. The average molecular weight is 407 g/mol. The fourth-order valence-electron chi connectivity index (χ4n) is 1.96. The molecule has 27 heavy (non-hydrogen) atoms. The van der Waals surface area contributed by atoms with Crippen molar-refractivity contribution in [3.63, 3.8) is 0 Å². The van der Waals surface area contributed by atoms with Crippen molar-refractivity contribution in [2.45, 2.75) is 39.5 Å². The standard InChI is InChI=1S/C17H25ClF2N4O3/c1-17(2,3)27-16(25)23-8-7-22-15(21-4)24-10-11-9-12(18)5-6-13(11)26-14(19)20/h5-6,9,14H,7-8,10H2,1-4H3,(H,23,25)(H2,21,22,24). The Morgan fingerprint density at radius 3 is 2.48 bits per heavy atom. The second-order valence-corrected chi connectivity index (χ2v) is 6.85. The molecule has 0 aromatic heterocycles. The first-order valence-electron chi connectivity index (χ1n) is 8.25. The van der Waals surface area contributed by atoms with Gasteiger partial charge in [0, 0.05) is 37.3 Å². The van der Waals surface area contributed by atoms with Gasteiger partial charge < -0.3 is 25.4 Å². The minimum absolute atomic E-state index is 0.0314. The number of aliphatic imine (C=N–C) groups is 1. The first-order valence-corrected chi connectivity index (χ1v) is 8.63. The quantitative estimate of drug-likeness (QED) is 0.368. The molecule has 7 nitrogen and oxygen atoms in total. The molecule has 0 unspecified atom stereocenters. The van der Waals surface area contributed by atoms with Crippen LogP contribution < -0.4 is 20.7 Å². The van der Waals surface area contributed by atoms with E-state index in [1.165, 1.54) is 18.2 Å². The van der Waals surface area contributed by atoms with E-state index in [1.54, 1.807) is 27.8 Å². The highest BCUT2D eigenvalue weighted by atomic mass is 35.5. The molecule has 10 heteroatoms. The molecule has 1 aromatic carbocycles. The number of nitrogens with one attached hydrogen (secondary N) is 3. The minimum Gasteiger partial charge on any atom is -0.444 e. The van der Waals surface area contributed by atoms with Crippen molar-refractivity contribution in [2.24, 2.45) is 4.99 Å². The summed E-state index contributed by atoms with van der Waals surface area (Å²) in [6.07, 6.45) is -0.514. The van der Waals surface area contributed by atoms with E-state index in [-0.39, 0.29) is 12.3 Å². The SMILES string of the molecule is CN=C(NCCNC(=O)OC(C)(C)C)NCc1cc(Cl)ccc1OC(F)F. The summed E-state index contributed by atoms with van der Waals surface area (Å²) >= 11 is 5.91. The van der Waals surface area contributed by atoms with E-state index in [2.05, 4.69) is 25.7 Å². The minimum atomic E-state index is -2.93. The van der Waals surface area contributed by atoms with Crippen molar-refractivity contribution in [1.29, 1.82) is 0 Å². The zero-order valence-corrected chi connectivity index (χ0v) is 16.5. The lowest BCUT2D eigenvalue weighted by Gasteiger charge is -2.20. The Balaban J connectivity index is 2.47. The van der Waals surface area contributed by atoms with Crippen LogP contribution in [0.3, 0.4) is 0 Å². The molecule has 1 aromatic rings. The van der Waals surface area contributed by atoms with Gasteiger partial charge in [0.25, 0.3) is 0 Å².